The Morgan fingerprint density at radius 1 is 0.679 bits per heavy atom. The molecule has 13 nitrogen and oxygen atoms in total. The molecule has 0 atom stereocenters. The molecule has 2 fully saturated rings. The molecule has 5 aliphatic heterocycles. The van der Waals surface area contributed by atoms with Crippen LogP contribution in [0.5, 0.6) is 0 Å². The Balaban J connectivity index is 1.18. The second-order valence-electron chi connectivity index (χ2n) is 14.5. The van der Waals surface area contributed by atoms with Gasteiger partial charge in [0.1, 0.15) is 11.5 Å². The van der Waals surface area contributed by atoms with Crippen molar-refractivity contribution in [1.29, 1.82) is 5.41 Å². The number of nitrogens with one attached hydrogen (secondary N) is 3. The highest BCUT2D eigenvalue weighted by atomic mass is 16.4. The maximum absolute atomic E-state index is 10.1. The van der Waals surface area contributed by atoms with Crippen LogP contribution in [-0.4, -0.2) is 65.9 Å². The smallest absolute Gasteiger partial charge is 0.239 e. The van der Waals surface area contributed by atoms with Crippen molar-refractivity contribution in [3.05, 3.63) is 113 Å². The Bertz CT molecular complexity index is 2310. The molecule has 13 heteroatoms. The van der Waals surface area contributed by atoms with Gasteiger partial charge in [0.05, 0.1) is 40.3 Å². The third kappa shape index (κ3) is 6.91. The predicted molar refractivity (Wildman–Crippen MR) is 225 cm³/mol. The van der Waals surface area contributed by atoms with E-state index in [0.29, 0.717) is 35.1 Å². The van der Waals surface area contributed by atoms with Gasteiger partial charge in [0.25, 0.3) is 0 Å². The lowest BCUT2D eigenvalue weighted by Crippen LogP contribution is -2.42. The van der Waals surface area contributed by atoms with Crippen molar-refractivity contribution in [2.24, 2.45) is 20.0 Å². The van der Waals surface area contributed by atoms with Gasteiger partial charge < -0.3 is 39.8 Å². The first-order chi connectivity index (χ1) is 27.4. The number of rotatable bonds is 10. The Morgan fingerprint density at radius 3 is 1.80 bits per heavy atom. The Hall–Kier alpha value is -6.63. The number of piperidine rings is 2. The summed E-state index contributed by atoms with van der Waals surface area (Å²) in [6.45, 7) is 7.89. The summed E-state index contributed by atoms with van der Waals surface area (Å²) in [5, 5.41) is 25.1. The SMILES string of the molecule is Cc1ccc(Nc2cc(N3CCCCC3)ccc2C2=CC3=CC(c4ccc(N5CCCCC5)cc4Nc4ccc(C)o4)=NC4=NC(/C(C=N)=C/O)=NC(=N2)N34)o1. The molecule has 4 aromatic rings. The molecule has 0 bridgehead atoms. The molecule has 0 radical (unpaired) electrons. The van der Waals surface area contributed by atoms with Gasteiger partial charge in [-0.1, -0.05) is 0 Å². The molecule has 9 rings (SSSR count). The van der Waals surface area contributed by atoms with Crippen LogP contribution < -0.4 is 20.4 Å². The quantitative estimate of drug-likeness (QED) is 0.0925. The highest BCUT2D eigenvalue weighted by Crippen LogP contribution is 2.39. The van der Waals surface area contributed by atoms with E-state index in [4.69, 9.17) is 34.2 Å². The molecule has 0 spiro atoms. The Morgan fingerprint density at radius 2 is 1.25 bits per heavy atom. The number of aliphatic hydroxyl groups is 1. The lowest BCUT2D eigenvalue weighted by atomic mass is 10.0. The topological polar surface area (TPSA) is 154 Å². The fourth-order valence-corrected chi connectivity index (χ4v) is 7.76. The van der Waals surface area contributed by atoms with E-state index < -0.39 is 0 Å². The van der Waals surface area contributed by atoms with Gasteiger partial charge in [-0.2, -0.15) is 9.98 Å². The number of anilines is 6. The number of furan rings is 2. The van der Waals surface area contributed by atoms with E-state index in [2.05, 4.69) is 56.8 Å². The standard InChI is InChI=1S/C43H44N10O3/c1-27-9-15-39(55-27)45-35-21-30(51-17-5-3-6-18-51)11-13-33(35)37-23-32-24-38(48-43-50-41(29(25-44)26-54)49-42(47-37)53(32)43)34-14-12-31(52-19-7-4-8-20-52)22-36(34)46-40-16-10-28(2)56-40/h9-16,21-26,44-46,54H,3-8,17-20H2,1-2H3/b29-26+,44-25?. The van der Waals surface area contributed by atoms with E-state index in [1.54, 1.807) is 4.90 Å². The number of hydrogen-bond acceptors (Lipinski definition) is 13. The van der Waals surface area contributed by atoms with Crippen LogP contribution in [0.2, 0.25) is 0 Å². The van der Waals surface area contributed by atoms with Crippen LogP contribution in [0.25, 0.3) is 5.70 Å². The zero-order valence-corrected chi connectivity index (χ0v) is 31.5. The van der Waals surface area contributed by atoms with Gasteiger partial charge in [0.15, 0.2) is 17.6 Å². The predicted octanol–water partition coefficient (Wildman–Crippen LogP) is 9.22. The van der Waals surface area contributed by atoms with Crippen molar-refractivity contribution in [3.8, 4) is 0 Å². The molecule has 7 heterocycles. The molecule has 56 heavy (non-hydrogen) atoms. The molecule has 4 N–H and O–H groups in total. The zero-order chi connectivity index (χ0) is 38.2. The summed E-state index contributed by atoms with van der Waals surface area (Å²) in [6.07, 6.45) is 13.0. The van der Waals surface area contributed by atoms with E-state index in [9.17, 15) is 5.11 Å². The number of hydrogen-bond donors (Lipinski definition) is 4. The third-order valence-corrected chi connectivity index (χ3v) is 10.6. The van der Waals surface area contributed by atoms with Gasteiger partial charge in [-0.25, -0.2) is 14.9 Å². The number of aliphatic hydroxyl groups excluding tert-OH is 1. The van der Waals surface area contributed by atoms with Crippen molar-refractivity contribution in [1.82, 2.24) is 4.90 Å². The van der Waals surface area contributed by atoms with Gasteiger partial charge in [-0.05, 0) is 113 Å². The van der Waals surface area contributed by atoms with Crippen molar-refractivity contribution >= 4 is 69.9 Å². The molecule has 284 valence electrons. The molecular weight excluding hydrogens is 705 g/mol. The van der Waals surface area contributed by atoms with E-state index in [0.717, 1.165) is 115 Å². The summed E-state index contributed by atoms with van der Waals surface area (Å²) in [7, 11) is 0. The van der Waals surface area contributed by atoms with Crippen LogP contribution in [-0.2, 0) is 0 Å². The lowest BCUT2D eigenvalue weighted by molar-refractivity contribution is 0.472. The molecule has 0 unspecified atom stereocenters. The largest absolute Gasteiger partial charge is 0.515 e. The number of allylic oxidation sites excluding steroid dienone is 2. The minimum atomic E-state index is 0.131. The number of aliphatic imine (C=N–C) groups is 4. The number of nitrogens with zero attached hydrogens (tertiary/aromatic N) is 7. The zero-order valence-electron chi connectivity index (χ0n) is 31.5. The summed E-state index contributed by atoms with van der Waals surface area (Å²) < 4.78 is 12.0. The highest BCUT2D eigenvalue weighted by molar-refractivity contribution is 6.29. The average Bonchev–Trinajstić information content (AvgIpc) is 3.84. The summed E-state index contributed by atoms with van der Waals surface area (Å²) in [6, 6.07) is 20.5. The number of aryl methyl sites for hydroxylation is 2. The maximum atomic E-state index is 10.1. The normalized spacial score (nSPS) is 18.2. The minimum absolute atomic E-state index is 0.131. The van der Waals surface area contributed by atoms with Crippen LogP contribution in [0.3, 0.4) is 0 Å². The van der Waals surface area contributed by atoms with Gasteiger partial charge in [0.2, 0.25) is 11.9 Å². The lowest BCUT2D eigenvalue weighted by Gasteiger charge is -2.33. The maximum Gasteiger partial charge on any atom is 0.239 e. The molecule has 0 aliphatic carbocycles. The molecule has 2 aromatic heterocycles. The Kier molecular flexibility index (Phi) is 9.33. The van der Waals surface area contributed by atoms with Crippen LogP contribution >= 0.6 is 0 Å². The van der Waals surface area contributed by atoms with Crippen LogP contribution in [0.4, 0.5) is 34.5 Å². The van der Waals surface area contributed by atoms with Crippen molar-refractivity contribution in [3.63, 3.8) is 0 Å². The first kappa shape index (κ1) is 35.1. The van der Waals surface area contributed by atoms with Gasteiger partial charge >= 0.3 is 0 Å². The molecule has 0 amide bonds. The van der Waals surface area contributed by atoms with Gasteiger partial charge in [-0.3, -0.25) is 0 Å². The second-order valence-corrected chi connectivity index (χ2v) is 14.5. The second kappa shape index (κ2) is 14.9. The first-order valence-corrected chi connectivity index (χ1v) is 19.3. The van der Waals surface area contributed by atoms with Gasteiger partial charge in [0, 0.05) is 67.0 Å². The van der Waals surface area contributed by atoms with E-state index >= 15 is 0 Å². The van der Waals surface area contributed by atoms with Crippen LogP contribution in [0.1, 0.15) is 61.2 Å². The number of amidine groups is 1. The molecule has 5 aliphatic rings. The summed E-state index contributed by atoms with van der Waals surface area (Å²) in [5.74, 6) is 3.66. The van der Waals surface area contributed by atoms with Crippen molar-refractivity contribution in [2.75, 3.05) is 46.6 Å². The Labute approximate surface area is 325 Å². The minimum Gasteiger partial charge on any atom is -0.515 e. The monoisotopic (exact) mass is 748 g/mol. The highest BCUT2D eigenvalue weighted by Gasteiger charge is 2.34. The average molecular weight is 749 g/mol. The van der Waals surface area contributed by atoms with Crippen molar-refractivity contribution < 1.29 is 13.9 Å². The van der Waals surface area contributed by atoms with Crippen LogP contribution in [0.15, 0.2) is 119 Å². The first-order valence-electron chi connectivity index (χ1n) is 19.3. The fourth-order valence-electron chi connectivity index (χ4n) is 7.76. The molecule has 2 aromatic carbocycles. The number of guanidine groups is 2. The summed E-state index contributed by atoms with van der Waals surface area (Å²) in [4.78, 5) is 26.3. The molecule has 0 saturated carbocycles. The van der Waals surface area contributed by atoms with E-state index in [1.165, 1.54) is 12.8 Å². The van der Waals surface area contributed by atoms with Crippen LogP contribution in [0, 0.1) is 19.3 Å². The summed E-state index contributed by atoms with van der Waals surface area (Å²) in [5.41, 5.74) is 7.88. The van der Waals surface area contributed by atoms with Crippen molar-refractivity contribution in [2.45, 2.75) is 52.4 Å². The van der Waals surface area contributed by atoms with Gasteiger partial charge in [-0.15, -0.1) is 0 Å². The summed E-state index contributed by atoms with van der Waals surface area (Å²) >= 11 is 0. The fraction of sp³-hybridized carbons (Fsp3) is 0.279. The molecule has 2 saturated heterocycles. The third-order valence-electron chi connectivity index (χ3n) is 10.6. The molecular formula is C43H44N10O3. The number of benzene rings is 2. The van der Waals surface area contributed by atoms with E-state index in [1.807, 2.05) is 50.3 Å². The van der Waals surface area contributed by atoms with E-state index in [-0.39, 0.29) is 11.4 Å².